The highest BCUT2D eigenvalue weighted by atomic mass is 16.5. The highest BCUT2D eigenvalue weighted by Crippen LogP contribution is 2.48. The minimum Gasteiger partial charge on any atom is -0.423 e. The number of hydrogen-bond donors (Lipinski definition) is 0. The van der Waals surface area contributed by atoms with Crippen molar-refractivity contribution in [2.45, 2.75) is 19.3 Å². The minimum atomic E-state index is -0.374. The molecule has 2 nitrogen and oxygen atoms in total. The van der Waals surface area contributed by atoms with Crippen LogP contribution in [0, 0.1) is 0 Å². The number of allylic oxidation sites excluding steroid dienone is 7. The molecule has 1 atom stereocenters. The van der Waals surface area contributed by atoms with Crippen molar-refractivity contribution in [1.29, 1.82) is 0 Å². The minimum absolute atomic E-state index is 0.275. The maximum Gasteiger partial charge on any atom is 0.338 e. The first-order valence-corrected chi connectivity index (χ1v) is 7.45. The van der Waals surface area contributed by atoms with E-state index in [0.717, 1.165) is 12.0 Å². The van der Waals surface area contributed by atoms with Crippen molar-refractivity contribution in [3.63, 3.8) is 0 Å². The molecule has 0 aromatic heterocycles. The summed E-state index contributed by atoms with van der Waals surface area (Å²) in [5.41, 5.74) is 6.65. The van der Waals surface area contributed by atoms with Crippen LogP contribution in [0.1, 0.15) is 29.5 Å². The largest absolute Gasteiger partial charge is 0.423 e. The Kier molecular flexibility index (Phi) is 2.80. The third kappa shape index (κ3) is 1.84. The zero-order chi connectivity index (χ0) is 15.3. The summed E-state index contributed by atoms with van der Waals surface area (Å²) in [6, 6.07) is 3.97. The zero-order valence-corrected chi connectivity index (χ0v) is 12.4. The van der Waals surface area contributed by atoms with Gasteiger partial charge in [0.1, 0.15) is 5.75 Å². The summed E-state index contributed by atoms with van der Waals surface area (Å²) in [7, 11) is 0. The number of ether oxygens (including phenoxy) is 1. The van der Waals surface area contributed by atoms with Gasteiger partial charge in [-0.1, -0.05) is 49.1 Å². The van der Waals surface area contributed by atoms with Crippen LogP contribution in [0.5, 0.6) is 5.75 Å². The zero-order valence-electron chi connectivity index (χ0n) is 12.4. The van der Waals surface area contributed by atoms with Gasteiger partial charge >= 0.3 is 5.97 Å². The molecule has 1 aromatic carbocycles. The topological polar surface area (TPSA) is 26.3 Å². The van der Waals surface area contributed by atoms with Gasteiger partial charge < -0.3 is 4.74 Å². The third-order valence-corrected chi connectivity index (χ3v) is 4.42. The van der Waals surface area contributed by atoms with Gasteiger partial charge in [-0.3, -0.25) is 0 Å². The van der Waals surface area contributed by atoms with E-state index in [4.69, 9.17) is 4.74 Å². The van der Waals surface area contributed by atoms with Gasteiger partial charge in [0, 0.05) is 17.1 Å². The smallest absolute Gasteiger partial charge is 0.338 e. The van der Waals surface area contributed by atoms with Crippen molar-refractivity contribution in [1.82, 2.24) is 0 Å². The number of rotatable bonds is 2. The Labute approximate surface area is 129 Å². The first-order valence-electron chi connectivity index (χ1n) is 7.45. The summed E-state index contributed by atoms with van der Waals surface area (Å²) in [4.78, 5) is 11.9. The van der Waals surface area contributed by atoms with Gasteiger partial charge in [-0.05, 0) is 41.7 Å². The van der Waals surface area contributed by atoms with E-state index in [9.17, 15) is 4.79 Å². The van der Waals surface area contributed by atoms with E-state index < -0.39 is 0 Å². The van der Waals surface area contributed by atoms with Crippen LogP contribution in [0.15, 0.2) is 65.8 Å². The summed E-state index contributed by atoms with van der Waals surface area (Å²) >= 11 is 0. The van der Waals surface area contributed by atoms with Crippen molar-refractivity contribution in [2.75, 3.05) is 0 Å². The normalized spacial score (nSPS) is 20.0. The fraction of sp³-hybridized carbons (Fsp3) is 0.150. The van der Waals surface area contributed by atoms with Crippen LogP contribution in [0.4, 0.5) is 0 Å². The van der Waals surface area contributed by atoms with Gasteiger partial charge in [0.25, 0.3) is 0 Å². The summed E-state index contributed by atoms with van der Waals surface area (Å²) in [5, 5.41) is 0. The van der Waals surface area contributed by atoms with Crippen molar-refractivity contribution in [3.8, 4) is 5.75 Å². The van der Waals surface area contributed by atoms with Gasteiger partial charge in [0.05, 0.1) is 0 Å². The van der Waals surface area contributed by atoms with E-state index >= 15 is 0 Å². The van der Waals surface area contributed by atoms with Gasteiger partial charge in [-0.25, -0.2) is 4.79 Å². The van der Waals surface area contributed by atoms with Gasteiger partial charge in [0.15, 0.2) is 0 Å². The molecule has 3 aliphatic rings. The molecule has 1 unspecified atom stereocenters. The predicted octanol–water partition coefficient (Wildman–Crippen LogP) is 4.26. The Balaban J connectivity index is 1.87. The lowest BCUT2D eigenvalue weighted by Gasteiger charge is -2.33. The van der Waals surface area contributed by atoms with E-state index in [1.54, 1.807) is 6.92 Å². The number of esters is 1. The lowest BCUT2D eigenvalue weighted by Crippen LogP contribution is -2.19. The lowest BCUT2D eigenvalue weighted by molar-refractivity contribution is -0.130. The number of hydrogen-bond acceptors (Lipinski definition) is 2. The summed E-state index contributed by atoms with van der Waals surface area (Å²) in [6.45, 7) is 5.31. The van der Waals surface area contributed by atoms with Crippen LogP contribution < -0.4 is 4.74 Å². The second kappa shape index (κ2) is 4.70. The average Bonchev–Trinajstić information content (AvgIpc) is 2.53. The van der Waals surface area contributed by atoms with Crippen LogP contribution in [0.2, 0.25) is 0 Å². The maximum absolute atomic E-state index is 11.9. The molecular weight excluding hydrogens is 272 g/mol. The molecule has 0 N–H and O–H groups in total. The Morgan fingerprint density at radius 1 is 1.23 bits per heavy atom. The lowest BCUT2D eigenvalue weighted by atomic mass is 9.71. The molecule has 0 fully saturated rings. The molecule has 0 radical (unpaired) electrons. The highest BCUT2D eigenvalue weighted by molar-refractivity contribution is 5.90. The molecule has 0 heterocycles. The van der Waals surface area contributed by atoms with Crippen LogP contribution >= 0.6 is 0 Å². The first-order chi connectivity index (χ1) is 10.6. The maximum atomic E-state index is 11.9. The Morgan fingerprint density at radius 2 is 2.09 bits per heavy atom. The summed E-state index contributed by atoms with van der Waals surface area (Å²) in [5.74, 6) is 0.524. The predicted molar refractivity (Wildman–Crippen MR) is 87.7 cm³/mol. The Morgan fingerprint density at radius 3 is 2.91 bits per heavy atom. The molecule has 0 bridgehead atoms. The molecule has 0 aliphatic heterocycles. The van der Waals surface area contributed by atoms with Crippen LogP contribution in [0.3, 0.4) is 0 Å². The van der Waals surface area contributed by atoms with Gasteiger partial charge in [0.2, 0.25) is 0 Å². The molecule has 108 valence electrons. The number of benzene rings is 1. The Hall–Kier alpha value is -2.61. The third-order valence-electron chi connectivity index (χ3n) is 4.42. The van der Waals surface area contributed by atoms with Crippen molar-refractivity contribution < 1.29 is 9.53 Å². The monoisotopic (exact) mass is 288 g/mol. The average molecular weight is 288 g/mol. The van der Waals surface area contributed by atoms with Gasteiger partial charge in [-0.2, -0.15) is 0 Å². The van der Waals surface area contributed by atoms with Crippen LogP contribution in [-0.4, -0.2) is 5.97 Å². The van der Waals surface area contributed by atoms with Crippen LogP contribution in [-0.2, 0) is 11.2 Å². The van der Waals surface area contributed by atoms with Crippen molar-refractivity contribution in [2.24, 2.45) is 0 Å². The van der Waals surface area contributed by atoms with Crippen molar-refractivity contribution >= 4 is 12.0 Å². The van der Waals surface area contributed by atoms with E-state index in [1.807, 2.05) is 6.07 Å². The van der Waals surface area contributed by atoms with E-state index in [-0.39, 0.29) is 11.9 Å². The SMILES string of the molecule is C=C(C)C(=O)Oc1ccc2c3c1C=CC1=CC=CC(=CC2)C13. The van der Waals surface area contributed by atoms with E-state index in [0.29, 0.717) is 11.3 Å². The molecule has 22 heavy (non-hydrogen) atoms. The number of carbonyl (C=O) groups excluding carboxylic acids is 1. The molecule has 0 saturated heterocycles. The molecule has 0 spiro atoms. The molecule has 1 aromatic rings. The molecule has 4 rings (SSSR count). The quantitative estimate of drug-likeness (QED) is 0.462. The number of carbonyl (C=O) groups is 1. The Bertz CT molecular complexity index is 832. The molecule has 0 amide bonds. The first kappa shape index (κ1) is 13.1. The fourth-order valence-electron chi connectivity index (χ4n) is 3.36. The molecule has 2 heteroatoms. The second-order valence-electron chi connectivity index (χ2n) is 5.92. The van der Waals surface area contributed by atoms with Gasteiger partial charge in [-0.15, -0.1) is 0 Å². The molecule has 3 aliphatic carbocycles. The summed E-state index contributed by atoms with van der Waals surface area (Å²) in [6.07, 6.45) is 13.8. The second-order valence-corrected chi connectivity index (χ2v) is 5.92. The fourth-order valence-corrected chi connectivity index (χ4v) is 3.36. The highest BCUT2D eigenvalue weighted by Gasteiger charge is 2.31. The van der Waals surface area contributed by atoms with E-state index in [2.05, 4.69) is 49.1 Å². The standard InChI is InChI=1S/C20H16O2/c1-12(2)20(21)22-17-11-9-15-7-6-13-4-3-5-14-8-10-16(17)19(15)18(13)14/h3-6,8-11,18H,1,7H2,2H3. The van der Waals surface area contributed by atoms with Crippen LogP contribution in [0.25, 0.3) is 6.08 Å². The molecule has 0 saturated carbocycles. The summed E-state index contributed by atoms with van der Waals surface area (Å²) < 4.78 is 5.52. The van der Waals surface area contributed by atoms with E-state index in [1.165, 1.54) is 22.3 Å². The molecular formula is C20H16O2. The van der Waals surface area contributed by atoms with Crippen molar-refractivity contribution in [3.05, 3.63) is 82.5 Å².